The molecule has 1 fully saturated rings. The lowest BCUT2D eigenvalue weighted by Gasteiger charge is -2.22. The highest BCUT2D eigenvalue weighted by Crippen LogP contribution is 2.24. The van der Waals surface area contributed by atoms with Crippen LogP contribution in [-0.4, -0.2) is 29.2 Å². The van der Waals surface area contributed by atoms with Crippen LogP contribution in [0.3, 0.4) is 0 Å². The maximum Gasteiger partial charge on any atom is 0.223 e. The van der Waals surface area contributed by atoms with E-state index in [2.05, 4.69) is 5.32 Å². The van der Waals surface area contributed by atoms with Crippen LogP contribution in [0.2, 0.25) is 0 Å². The lowest BCUT2D eigenvalue weighted by molar-refractivity contribution is -0.126. The molecule has 3 unspecified atom stereocenters. The second kappa shape index (κ2) is 4.94. The fourth-order valence-corrected chi connectivity index (χ4v) is 1.80. The van der Waals surface area contributed by atoms with Gasteiger partial charge in [-0.05, 0) is 32.6 Å². The van der Waals surface area contributed by atoms with Gasteiger partial charge in [-0.2, -0.15) is 0 Å². The van der Waals surface area contributed by atoms with Crippen molar-refractivity contribution >= 4 is 5.91 Å². The van der Waals surface area contributed by atoms with Crippen molar-refractivity contribution in [2.45, 2.75) is 51.2 Å². The first-order valence-corrected chi connectivity index (χ1v) is 5.70. The maximum absolute atomic E-state index is 11.7. The molecular formula is C11H22N2O2. The fourth-order valence-electron chi connectivity index (χ4n) is 1.80. The van der Waals surface area contributed by atoms with Crippen molar-refractivity contribution in [3.63, 3.8) is 0 Å². The minimum Gasteiger partial charge on any atom is -0.388 e. The Morgan fingerprint density at radius 2 is 2.27 bits per heavy atom. The zero-order chi connectivity index (χ0) is 11.5. The average Bonchev–Trinajstić information content (AvgIpc) is 2.61. The second-order valence-electron chi connectivity index (χ2n) is 4.84. The van der Waals surface area contributed by atoms with Crippen LogP contribution in [0.15, 0.2) is 0 Å². The highest BCUT2D eigenvalue weighted by atomic mass is 16.3. The fraction of sp³-hybridized carbons (Fsp3) is 0.909. The number of nitrogens with two attached hydrogens (primary N) is 1. The quantitative estimate of drug-likeness (QED) is 0.633. The highest BCUT2D eigenvalue weighted by molar-refractivity contribution is 5.79. The van der Waals surface area contributed by atoms with Gasteiger partial charge in [0.25, 0.3) is 0 Å². The molecule has 1 aliphatic carbocycles. The third-order valence-electron chi connectivity index (χ3n) is 3.25. The molecule has 0 radical (unpaired) electrons. The first-order valence-electron chi connectivity index (χ1n) is 5.70. The molecule has 0 aliphatic heterocycles. The second-order valence-corrected chi connectivity index (χ2v) is 4.84. The van der Waals surface area contributed by atoms with Crippen LogP contribution in [0.5, 0.6) is 0 Å². The summed E-state index contributed by atoms with van der Waals surface area (Å²) in [7, 11) is 0. The molecule has 15 heavy (non-hydrogen) atoms. The summed E-state index contributed by atoms with van der Waals surface area (Å²) in [4.78, 5) is 11.7. The standard InChI is InChI=1S/C11H22N2O2/c1-3-11(2,15)7-13-10(14)8-4-5-9(12)6-8/h8-9,15H,3-7,12H2,1-2H3,(H,13,14). The predicted octanol–water partition coefficient (Wildman–Crippen LogP) is 0.391. The minimum absolute atomic E-state index is 0.0386. The molecule has 4 N–H and O–H groups in total. The van der Waals surface area contributed by atoms with E-state index in [-0.39, 0.29) is 17.9 Å². The average molecular weight is 214 g/mol. The zero-order valence-corrected chi connectivity index (χ0v) is 9.62. The Balaban J connectivity index is 2.30. The minimum atomic E-state index is -0.795. The Labute approximate surface area is 91.2 Å². The summed E-state index contributed by atoms with van der Waals surface area (Å²) >= 11 is 0. The number of hydrogen-bond donors (Lipinski definition) is 3. The Kier molecular flexibility index (Phi) is 4.11. The van der Waals surface area contributed by atoms with Gasteiger partial charge in [-0.1, -0.05) is 6.92 Å². The zero-order valence-electron chi connectivity index (χ0n) is 9.62. The maximum atomic E-state index is 11.7. The number of nitrogens with one attached hydrogen (secondary N) is 1. The van der Waals surface area contributed by atoms with Gasteiger partial charge in [0.1, 0.15) is 0 Å². The molecule has 4 heteroatoms. The van der Waals surface area contributed by atoms with Crippen LogP contribution in [0.1, 0.15) is 39.5 Å². The van der Waals surface area contributed by atoms with Gasteiger partial charge in [-0.25, -0.2) is 0 Å². The Morgan fingerprint density at radius 3 is 2.73 bits per heavy atom. The van der Waals surface area contributed by atoms with Crippen LogP contribution < -0.4 is 11.1 Å². The van der Waals surface area contributed by atoms with E-state index >= 15 is 0 Å². The number of amides is 1. The molecule has 1 saturated carbocycles. The lowest BCUT2D eigenvalue weighted by atomic mass is 10.0. The third kappa shape index (κ3) is 3.80. The van der Waals surface area contributed by atoms with Crippen LogP contribution in [0.25, 0.3) is 0 Å². The number of aliphatic hydroxyl groups is 1. The molecule has 0 saturated heterocycles. The molecule has 1 amide bonds. The molecule has 4 nitrogen and oxygen atoms in total. The van der Waals surface area contributed by atoms with Crippen molar-refractivity contribution in [2.24, 2.45) is 11.7 Å². The van der Waals surface area contributed by atoms with Gasteiger partial charge >= 0.3 is 0 Å². The highest BCUT2D eigenvalue weighted by Gasteiger charge is 2.28. The van der Waals surface area contributed by atoms with E-state index in [9.17, 15) is 9.90 Å². The van der Waals surface area contributed by atoms with Gasteiger partial charge in [0, 0.05) is 18.5 Å². The molecule has 88 valence electrons. The van der Waals surface area contributed by atoms with Crippen molar-refractivity contribution < 1.29 is 9.90 Å². The molecule has 3 atom stereocenters. The summed E-state index contributed by atoms with van der Waals surface area (Å²) < 4.78 is 0. The number of carbonyl (C=O) groups excluding carboxylic acids is 1. The van der Waals surface area contributed by atoms with Gasteiger partial charge in [-0.15, -0.1) is 0 Å². The molecule has 0 aromatic carbocycles. The van der Waals surface area contributed by atoms with Gasteiger partial charge < -0.3 is 16.2 Å². The molecule has 1 rings (SSSR count). The molecule has 0 aromatic heterocycles. The van der Waals surface area contributed by atoms with Gasteiger partial charge in [0.05, 0.1) is 5.60 Å². The number of carbonyl (C=O) groups is 1. The summed E-state index contributed by atoms with van der Waals surface area (Å²) in [5.74, 6) is 0.0873. The molecule has 0 heterocycles. The third-order valence-corrected chi connectivity index (χ3v) is 3.25. The van der Waals surface area contributed by atoms with E-state index in [0.29, 0.717) is 13.0 Å². The Morgan fingerprint density at radius 1 is 1.60 bits per heavy atom. The first-order chi connectivity index (χ1) is 6.94. The number of hydrogen-bond acceptors (Lipinski definition) is 3. The van der Waals surface area contributed by atoms with Crippen LogP contribution in [0, 0.1) is 5.92 Å². The largest absolute Gasteiger partial charge is 0.388 e. The van der Waals surface area contributed by atoms with Crippen LogP contribution in [0.4, 0.5) is 0 Å². The van der Waals surface area contributed by atoms with E-state index in [4.69, 9.17) is 5.73 Å². The van der Waals surface area contributed by atoms with Gasteiger partial charge in [0.2, 0.25) is 5.91 Å². The summed E-state index contributed by atoms with van der Waals surface area (Å²) in [6.07, 6.45) is 3.22. The Hall–Kier alpha value is -0.610. The molecule has 1 aliphatic rings. The van der Waals surface area contributed by atoms with Crippen LogP contribution in [-0.2, 0) is 4.79 Å². The topological polar surface area (TPSA) is 75.3 Å². The van der Waals surface area contributed by atoms with Crippen LogP contribution >= 0.6 is 0 Å². The van der Waals surface area contributed by atoms with Crippen molar-refractivity contribution in [1.82, 2.24) is 5.32 Å². The molecule has 0 aromatic rings. The van der Waals surface area contributed by atoms with Crippen molar-refractivity contribution in [3.8, 4) is 0 Å². The van der Waals surface area contributed by atoms with Gasteiger partial charge in [0.15, 0.2) is 0 Å². The summed E-state index contributed by atoms with van der Waals surface area (Å²) in [6.45, 7) is 3.96. The van der Waals surface area contributed by atoms with Crippen molar-refractivity contribution in [2.75, 3.05) is 6.54 Å². The first kappa shape index (κ1) is 12.5. The Bertz CT molecular complexity index is 229. The predicted molar refractivity (Wildman–Crippen MR) is 59.2 cm³/mol. The molecular weight excluding hydrogens is 192 g/mol. The normalized spacial score (nSPS) is 29.9. The monoisotopic (exact) mass is 214 g/mol. The smallest absolute Gasteiger partial charge is 0.223 e. The summed E-state index contributed by atoms with van der Waals surface area (Å²) in [6, 6.07) is 0.174. The number of rotatable bonds is 4. The molecule has 0 spiro atoms. The van der Waals surface area contributed by atoms with Crippen molar-refractivity contribution in [3.05, 3.63) is 0 Å². The van der Waals surface area contributed by atoms with E-state index in [0.717, 1.165) is 19.3 Å². The van der Waals surface area contributed by atoms with E-state index in [1.54, 1.807) is 6.92 Å². The molecule has 0 bridgehead atoms. The van der Waals surface area contributed by atoms with Crippen molar-refractivity contribution in [1.29, 1.82) is 0 Å². The summed E-state index contributed by atoms with van der Waals surface area (Å²) in [5.41, 5.74) is 4.95. The SMILES string of the molecule is CCC(C)(O)CNC(=O)C1CCC(N)C1. The lowest BCUT2D eigenvalue weighted by Crippen LogP contribution is -2.42. The van der Waals surface area contributed by atoms with E-state index in [1.807, 2.05) is 6.92 Å². The van der Waals surface area contributed by atoms with E-state index in [1.165, 1.54) is 0 Å². The van der Waals surface area contributed by atoms with Gasteiger partial charge in [-0.3, -0.25) is 4.79 Å². The van der Waals surface area contributed by atoms with E-state index < -0.39 is 5.60 Å². The summed E-state index contributed by atoms with van der Waals surface area (Å²) in [5, 5.41) is 12.5.